The fourth-order valence-electron chi connectivity index (χ4n) is 0.835. The highest BCUT2D eigenvalue weighted by Crippen LogP contribution is 2.12. The lowest BCUT2D eigenvalue weighted by Crippen LogP contribution is -2.34. The van der Waals surface area contributed by atoms with Crippen LogP contribution in [0.1, 0.15) is 13.8 Å². The highest BCUT2D eigenvalue weighted by molar-refractivity contribution is 5.83. The molecule has 0 aliphatic heterocycles. The van der Waals surface area contributed by atoms with Crippen LogP contribution in [-0.4, -0.2) is 36.0 Å². The molecule has 70 valence electrons. The van der Waals surface area contributed by atoms with E-state index < -0.39 is 17.8 Å². The van der Waals surface area contributed by atoms with E-state index in [4.69, 9.17) is 5.11 Å². The number of hydrogen-bond donors (Lipinski definition) is 1. The Bertz CT molecular complexity index is 189. The molecule has 0 heterocycles. The third-order valence-corrected chi connectivity index (χ3v) is 1.97. The molecule has 0 aliphatic carbocycles. The van der Waals surface area contributed by atoms with Gasteiger partial charge >= 0.3 is 5.97 Å². The number of carboxylic acids is 1. The summed E-state index contributed by atoms with van der Waals surface area (Å²) in [4.78, 5) is 23.2. The average Bonchev–Trinajstić information content (AvgIpc) is 2.00. The molecule has 1 amide bonds. The van der Waals surface area contributed by atoms with E-state index >= 15 is 0 Å². The van der Waals surface area contributed by atoms with Gasteiger partial charge in [-0.3, -0.25) is 9.59 Å². The minimum Gasteiger partial charge on any atom is -0.481 e. The molecule has 0 spiro atoms. The molecule has 0 aromatic carbocycles. The van der Waals surface area contributed by atoms with Gasteiger partial charge in [-0.05, 0) is 0 Å². The van der Waals surface area contributed by atoms with Crippen LogP contribution in [0.2, 0.25) is 0 Å². The molecule has 0 aliphatic rings. The SMILES string of the molecule is CC(C(=O)O)C(C)C(=O)N(C)C. The highest BCUT2D eigenvalue weighted by atomic mass is 16.4. The molecule has 2 unspecified atom stereocenters. The molecule has 0 bridgehead atoms. The quantitative estimate of drug-likeness (QED) is 0.673. The molecule has 0 saturated heterocycles. The number of rotatable bonds is 3. The predicted octanol–water partition coefficient (Wildman–Crippen LogP) is 0.431. The fraction of sp³-hybridized carbons (Fsp3) is 0.750. The predicted molar refractivity (Wildman–Crippen MR) is 44.7 cm³/mol. The number of carbonyl (C=O) groups is 2. The second kappa shape index (κ2) is 4.09. The first-order chi connectivity index (χ1) is 5.37. The van der Waals surface area contributed by atoms with Crippen molar-refractivity contribution >= 4 is 11.9 Å². The van der Waals surface area contributed by atoms with Crippen molar-refractivity contribution in [3.05, 3.63) is 0 Å². The Balaban J connectivity index is 4.29. The smallest absolute Gasteiger partial charge is 0.307 e. The van der Waals surface area contributed by atoms with Crippen LogP contribution in [0.25, 0.3) is 0 Å². The van der Waals surface area contributed by atoms with Gasteiger partial charge < -0.3 is 10.0 Å². The first-order valence-electron chi connectivity index (χ1n) is 3.82. The maximum Gasteiger partial charge on any atom is 0.307 e. The zero-order valence-corrected chi connectivity index (χ0v) is 7.87. The number of hydrogen-bond acceptors (Lipinski definition) is 2. The highest BCUT2D eigenvalue weighted by Gasteiger charge is 2.26. The molecule has 1 N–H and O–H groups in total. The van der Waals surface area contributed by atoms with Crippen molar-refractivity contribution in [3.63, 3.8) is 0 Å². The summed E-state index contributed by atoms with van der Waals surface area (Å²) >= 11 is 0. The minimum absolute atomic E-state index is 0.148. The summed E-state index contributed by atoms with van der Waals surface area (Å²) in [5, 5.41) is 8.61. The van der Waals surface area contributed by atoms with Gasteiger partial charge in [0.2, 0.25) is 5.91 Å². The third kappa shape index (κ3) is 2.53. The Morgan fingerprint density at radius 1 is 1.17 bits per heavy atom. The Morgan fingerprint density at radius 2 is 1.58 bits per heavy atom. The first kappa shape index (κ1) is 10.9. The zero-order chi connectivity index (χ0) is 9.89. The van der Waals surface area contributed by atoms with Crippen LogP contribution < -0.4 is 0 Å². The standard InChI is InChI=1S/C8H15NO3/c1-5(6(2)8(11)12)7(10)9(3)4/h5-6H,1-4H3,(H,11,12). The maximum atomic E-state index is 11.3. The molecule has 0 aromatic rings. The van der Waals surface area contributed by atoms with Crippen LogP contribution in [0.4, 0.5) is 0 Å². The summed E-state index contributed by atoms with van der Waals surface area (Å²) in [5.74, 6) is -2.17. The Hall–Kier alpha value is -1.06. The monoisotopic (exact) mass is 173 g/mol. The second-order valence-electron chi connectivity index (χ2n) is 3.15. The van der Waals surface area contributed by atoms with Crippen molar-refractivity contribution in [3.8, 4) is 0 Å². The fourth-order valence-corrected chi connectivity index (χ4v) is 0.835. The van der Waals surface area contributed by atoms with Crippen LogP contribution in [0.15, 0.2) is 0 Å². The average molecular weight is 173 g/mol. The van der Waals surface area contributed by atoms with Gasteiger partial charge in [0, 0.05) is 20.0 Å². The lowest BCUT2D eigenvalue weighted by atomic mass is 9.95. The van der Waals surface area contributed by atoms with E-state index in [0.29, 0.717) is 0 Å². The Kier molecular flexibility index (Phi) is 3.73. The van der Waals surface area contributed by atoms with Crippen LogP contribution in [0.5, 0.6) is 0 Å². The summed E-state index contributed by atoms with van der Waals surface area (Å²) in [7, 11) is 3.24. The van der Waals surface area contributed by atoms with E-state index in [-0.39, 0.29) is 5.91 Å². The van der Waals surface area contributed by atoms with E-state index in [0.717, 1.165) is 0 Å². The molecule has 0 fully saturated rings. The van der Waals surface area contributed by atoms with Crippen LogP contribution >= 0.6 is 0 Å². The van der Waals surface area contributed by atoms with Crippen molar-refractivity contribution in [1.29, 1.82) is 0 Å². The van der Waals surface area contributed by atoms with Crippen LogP contribution in [0, 0.1) is 11.8 Å². The van der Waals surface area contributed by atoms with Gasteiger partial charge in [0.05, 0.1) is 5.92 Å². The molecule has 4 heteroatoms. The van der Waals surface area contributed by atoms with E-state index in [2.05, 4.69) is 0 Å². The van der Waals surface area contributed by atoms with Gasteiger partial charge in [-0.1, -0.05) is 13.8 Å². The zero-order valence-electron chi connectivity index (χ0n) is 7.87. The van der Waals surface area contributed by atoms with E-state index in [1.54, 1.807) is 21.0 Å². The van der Waals surface area contributed by atoms with Crippen LogP contribution in [0.3, 0.4) is 0 Å². The van der Waals surface area contributed by atoms with Gasteiger partial charge in [-0.15, -0.1) is 0 Å². The van der Waals surface area contributed by atoms with Crippen LogP contribution in [-0.2, 0) is 9.59 Å². The van der Waals surface area contributed by atoms with Gasteiger partial charge in [0.25, 0.3) is 0 Å². The lowest BCUT2D eigenvalue weighted by Gasteiger charge is -2.19. The Morgan fingerprint density at radius 3 is 1.83 bits per heavy atom. The first-order valence-corrected chi connectivity index (χ1v) is 3.82. The molecule has 0 radical (unpaired) electrons. The number of carbonyl (C=O) groups excluding carboxylic acids is 1. The topological polar surface area (TPSA) is 57.6 Å². The van der Waals surface area contributed by atoms with Gasteiger partial charge in [0.15, 0.2) is 0 Å². The van der Waals surface area contributed by atoms with Crippen molar-refractivity contribution in [2.45, 2.75) is 13.8 Å². The summed E-state index contributed by atoms with van der Waals surface area (Å²) in [6, 6.07) is 0. The molecule has 0 rings (SSSR count). The van der Waals surface area contributed by atoms with E-state index in [9.17, 15) is 9.59 Å². The largest absolute Gasteiger partial charge is 0.481 e. The number of aliphatic carboxylic acids is 1. The van der Waals surface area contributed by atoms with Gasteiger partial charge in [-0.25, -0.2) is 0 Å². The molecule has 0 saturated carbocycles. The van der Waals surface area contributed by atoms with E-state index in [1.165, 1.54) is 11.8 Å². The molecule has 12 heavy (non-hydrogen) atoms. The van der Waals surface area contributed by atoms with Crippen molar-refractivity contribution in [2.24, 2.45) is 11.8 Å². The van der Waals surface area contributed by atoms with E-state index in [1.807, 2.05) is 0 Å². The third-order valence-electron chi connectivity index (χ3n) is 1.97. The Labute approximate surface area is 72.2 Å². The van der Waals surface area contributed by atoms with Gasteiger partial charge in [-0.2, -0.15) is 0 Å². The summed E-state index contributed by atoms with van der Waals surface area (Å²) in [5.41, 5.74) is 0. The van der Waals surface area contributed by atoms with Crippen molar-refractivity contribution < 1.29 is 14.7 Å². The summed E-state index contributed by atoms with van der Waals surface area (Å²) in [6.07, 6.45) is 0. The normalized spacial score (nSPS) is 15.0. The molecular weight excluding hydrogens is 158 g/mol. The lowest BCUT2D eigenvalue weighted by molar-refractivity contribution is -0.148. The second-order valence-corrected chi connectivity index (χ2v) is 3.15. The molecule has 2 atom stereocenters. The number of carboxylic acid groups (broad SMARTS) is 1. The summed E-state index contributed by atoms with van der Waals surface area (Å²) < 4.78 is 0. The number of nitrogens with zero attached hydrogens (tertiary/aromatic N) is 1. The molecule has 4 nitrogen and oxygen atoms in total. The number of amides is 1. The maximum absolute atomic E-state index is 11.3. The molecular formula is C8H15NO3. The summed E-state index contributed by atoms with van der Waals surface area (Å²) in [6.45, 7) is 3.16. The van der Waals surface area contributed by atoms with Crippen molar-refractivity contribution in [1.82, 2.24) is 4.90 Å². The minimum atomic E-state index is -0.933. The van der Waals surface area contributed by atoms with Gasteiger partial charge in [0.1, 0.15) is 0 Å². The molecule has 0 aromatic heterocycles. The van der Waals surface area contributed by atoms with Crippen molar-refractivity contribution in [2.75, 3.05) is 14.1 Å².